The van der Waals surface area contributed by atoms with Crippen molar-refractivity contribution in [3.63, 3.8) is 0 Å². The number of amides is 1. The largest absolute Gasteiger partial charge is 0.379 e. The van der Waals surface area contributed by atoms with Crippen molar-refractivity contribution >= 4 is 23.4 Å². The van der Waals surface area contributed by atoms with Gasteiger partial charge in [0.05, 0.1) is 11.8 Å². The molecule has 1 aliphatic rings. The summed E-state index contributed by atoms with van der Waals surface area (Å²) in [6, 6.07) is 14.7. The smallest absolute Gasteiger partial charge is 0.251 e. The molecule has 0 unspecified atom stereocenters. The van der Waals surface area contributed by atoms with Crippen molar-refractivity contribution in [1.82, 2.24) is 5.32 Å². The average Bonchev–Trinajstić information content (AvgIpc) is 2.69. The molecule has 2 aromatic carbocycles. The molecule has 0 aromatic heterocycles. The highest BCUT2D eigenvalue weighted by Crippen LogP contribution is 2.36. The maximum atomic E-state index is 12.6. The van der Waals surface area contributed by atoms with Gasteiger partial charge >= 0.3 is 0 Å². The van der Waals surface area contributed by atoms with Crippen molar-refractivity contribution in [3.05, 3.63) is 59.2 Å². The van der Waals surface area contributed by atoms with Crippen molar-refractivity contribution in [1.29, 1.82) is 0 Å². The van der Waals surface area contributed by atoms with Crippen molar-refractivity contribution < 1.29 is 9.53 Å². The third-order valence-electron chi connectivity index (χ3n) is 4.73. The van der Waals surface area contributed by atoms with Gasteiger partial charge < -0.3 is 15.0 Å². The quantitative estimate of drug-likeness (QED) is 0.657. The molecule has 0 radical (unpaired) electrons. The summed E-state index contributed by atoms with van der Waals surface area (Å²) in [5.74, 6) is 1.05. The average molecular weight is 399 g/mol. The van der Waals surface area contributed by atoms with Gasteiger partial charge in [0.15, 0.2) is 0 Å². The SMILES string of the molecule is Cc1ccc(CN2CCSc3ccc(C(=O)NCCCOC(C)C)cc32)cc1. The van der Waals surface area contributed by atoms with E-state index in [0.29, 0.717) is 13.2 Å². The van der Waals surface area contributed by atoms with Crippen LogP contribution in [0.4, 0.5) is 5.69 Å². The Morgan fingerprint density at radius 1 is 1.21 bits per heavy atom. The summed E-state index contributed by atoms with van der Waals surface area (Å²) in [4.78, 5) is 16.2. The molecule has 1 amide bonds. The third-order valence-corrected chi connectivity index (χ3v) is 5.78. The zero-order valence-corrected chi connectivity index (χ0v) is 17.8. The molecule has 2 aromatic rings. The summed E-state index contributed by atoms with van der Waals surface area (Å²) < 4.78 is 5.52. The fraction of sp³-hybridized carbons (Fsp3) is 0.435. The van der Waals surface area contributed by atoms with Crippen LogP contribution < -0.4 is 10.2 Å². The van der Waals surface area contributed by atoms with Gasteiger partial charge in [0, 0.05) is 42.5 Å². The fourth-order valence-corrected chi connectivity index (χ4v) is 4.22. The fourth-order valence-electron chi connectivity index (χ4n) is 3.19. The van der Waals surface area contributed by atoms with E-state index in [4.69, 9.17) is 4.74 Å². The summed E-state index contributed by atoms with van der Waals surface area (Å²) in [6.45, 7) is 9.30. The first-order chi connectivity index (χ1) is 13.5. The number of rotatable bonds is 8. The Morgan fingerprint density at radius 3 is 2.75 bits per heavy atom. The van der Waals surface area contributed by atoms with E-state index >= 15 is 0 Å². The number of anilines is 1. The number of carbonyl (C=O) groups is 1. The number of hydrogen-bond acceptors (Lipinski definition) is 4. The highest BCUT2D eigenvalue weighted by atomic mass is 32.2. The Bertz CT molecular complexity index is 790. The third kappa shape index (κ3) is 5.76. The molecular formula is C23H30N2O2S. The topological polar surface area (TPSA) is 41.6 Å². The maximum absolute atomic E-state index is 12.6. The Morgan fingerprint density at radius 2 is 2.00 bits per heavy atom. The van der Waals surface area contributed by atoms with Crippen LogP contribution in [0.15, 0.2) is 47.4 Å². The minimum absolute atomic E-state index is 0.0155. The number of nitrogens with one attached hydrogen (secondary N) is 1. The molecule has 150 valence electrons. The van der Waals surface area contributed by atoms with E-state index < -0.39 is 0 Å². The lowest BCUT2D eigenvalue weighted by Crippen LogP contribution is -2.30. The summed E-state index contributed by atoms with van der Waals surface area (Å²) in [7, 11) is 0. The van der Waals surface area contributed by atoms with Crippen LogP contribution in [0.1, 0.15) is 41.8 Å². The van der Waals surface area contributed by atoms with E-state index in [-0.39, 0.29) is 12.0 Å². The van der Waals surface area contributed by atoms with E-state index in [0.717, 1.165) is 36.5 Å². The lowest BCUT2D eigenvalue weighted by molar-refractivity contribution is 0.0757. The second-order valence-electron chi connectivity index (χ2n) is 7.47. The van der Waals surface area contributed by atoms with Crippen LogP contribution in [-0.4, -0.2) is 37.5 Å². The van der Waals surface area contributed by atoms with Crippen molar-refractivity contribution in [2.45, 2.75) is 44.7 Å². The molecule has 3 rings (SSSR count). The number of nitrogens with zero attached hydrogens (tertiary/aromatic N) is 1. The number of thioether (sulfide) groups is 1. The van der Waals surface area contributed by atoms with E-state index in [1.54, 1.807) is 0 Å². The van der Waals surface area contributed by atoms with Gasteiger partial charge in [0.25, 0.3) is 5.91 Å². The van der Waals surface area contributed by atoms with E-state index in [1.165, 1.54) is 16.0 Å². The highest BCUT2D eigenvalue weighted by molar-refractivity contribution is 7.99. The molecule has 0 bridgehead atoms. The van der Waals surface area contributed by atoms with Gasteiger partial charge in [-0.2, -0.15) is 0 Å². The van der Waals surface area contributed by atoms with Crippen molar-refractivity contribution in [2.24, 2.45) is 0 Å². The molecule has 0 spiro atoms. The highest BCUT2D eigenvalue weighted by Gasteiger charge is 2.19. The molecule has 4 nitrogen and oxygen atoms in total. The van der Waals surface area contributed by atoms with Gasteiger partial charge in [-0.3, -0.25) is 4.79 Å². The minimum atomic E-state index is -0.0155. The second-order valence-corrected chi connectivity index (χ2v) is 8.60. The number of ether oxygens (including phenoxy) is 1. The van der Waals surface area contributed by atoms with Crippen LogP contribution in [-0.2, 0) is 11.3 Å². The van der Waals surface area contributed by atoms with Gasteiger partial charge in [0.1, 0.15) is 0 Å². The first kappa shape index (κ1) is 20.7. The summed E-state index contributed by atoms with van der Waals surface area (Å²) in [6.07, 6.45) is 1.05. The number of carbonyl (C=O) groups excluding carboxylic acids is 1. The van der Waals surface area contributed by atoms with E-state index in [2.05, 4.69) is 47.5 Å². The Hall–Kier alpha value is -1.98. The molecule has 28 heavy (non-hydrogen) atoms. The second kappa shape index (κ2) is 9.99. The summed E-state index contributed by atoms with van der Waals surface area (Å²) >= 11 is 1.86. The number of hydrogen-bond donors (Lipinski definition) is 1. The first-order valence-corrected chi connectivity index (χ1v) is 11.0. The predicted octanol–water partition coefficient (Wildman–Crippen LogP) is 4.65. The van der Waals surface area contributed by atoms with Gasteiger partial charge in [-0.25, -0.2) is 0 Å². The molecule has 0 atom stereocenters. The molecule has 0 fully saturated rings. The molecule has 5 heteroatoms. The lowest BCUT2D eigenvalue weighted by Gasteiger charge is -2.31. The predicted molar refractivity (Wildman–Crippen MR) is 117 cm³/mol. The molecule has 0 saturated heterocycles. The number of benzene rings is 2. The van der Waals surface area contributed by atoms with Gasteiger partial charge in [0.2, 0.25) is 0 Å². The van der Waals surface area contributed by atoms with Crippen LogP contribution in [0.5, 0.6) is 0 Å². The van der Waals surface area contributed by atoms with Crippen LogP contribution in [0.25, 0.3) is 0 Å². The molecule has 1 aliphatic heterocycles. The maximum Gasteiger partial charge on any atom is 0.251 e. The molecule has 0 aliphatic carbocycles. The van der Waals surface area contributed by atoms with Gasteiger partial charge in [-0.05, 0) is 51.0 Å². The summed E-state index contributed by atoms with van der Waals surface area (Å²) in [5, 5.41) is 3.01. The molecule has 1 heterocycles. The first-order valence-electron chi connectivity index (χ1n) is 10.00. The van der Waals surface area contributed by atoms with Gasteiger partial charge in [-0.15, -0.1) is 11.8 Å². The van der Waals surface area contributed by atoms with E-state index in [1.807, 2.05) is 37.7 Å². The Kier molecular flexibility index (Phi) is 7.40. The number of fused-ring (bicyclic) bond motifs is 1. The molecule has 1 N–H and O–H groups in total. The standard InChI is InChI=1S/C23H30N2O2S/c1-17(2)27-13-4-11-24-23(26)20-9-10-22-21(15-20)25(12-14-28-22)16-19-7-5-18(3)6-8-19/h5-10,15,17H,4,11-14,16H2,1-3H3,(H,24,26). The molecule has 0 saturated carbocycles. The van der Waals surface area contributed by atoms with E-state index in [9.17, 15) is 4.79 Å². The van der Waals surface area contributed by atoms with Crippen LogP contribution >= 0.6 is 11.8 Å². The number of aryl methyl sites for hydroxylation is 1. The Labute approximate surface area is 172 Å². The minimum Gasteiger partial charge on any atom is -0.379 e. The van der Waals surface area contributed by atoms with Crippen LogP contribution in [0, 0.1) is 6.92 Å². The van der Waals surface area contributed by atoms with Gasteiger partial charge in [-0.1, -0.05) is 29.8 Å². The zero-order chi connectivity index (χ0) is 19.9. The van der Waals surface area contributed by atoms with Crippen LogP contribution in [0.2, 0.25) is 0 Å². The lowest BCUT2D eigenvalue weighted by atomic mass is 10.1. The van der Waals surface area contributed by atoms with Crippen LogP contribution in [0.3, 0.4) is 0 Å². The monoisotopic (exact) mass is 398 g/mol. The Balaban J connectivity index is 1.64. The van der Waals surface area contributed by atoms with Crippen molar-refractivity contribution in [3.8, 4) is 0 Å². The molecular weight excluding hydrogens is 368 g/mol. The zero-order valence-electron chi connectivity index (χ0n) is 17.0. The van der Waals surface area contributed by atoms with Crippen molar-refractivity contribution in [2.75, 3.05) is 30.3 Å². The summed E-state index contributed by atoms with van der Waals surface area (Å²) in [5.41, 5.74) is 4.45. The normalized spacial score (nSPS) is 13.5.